The molecule has 3 nitrogen and oxygen atoms in total. The zero-order chi connectivity index (χ0) is 15.2. The van der Waals surface area contributed by atoms with Crippen molar-refractivity contribution in [2.24, 2.45) is 5.92 Å². The zero-order valence-corrected chi connectivity index (χ0v) is 12.3. The molecule has 0 aromatic heterocycles. The van der Waals surface area contributed by atoms with Crippen molar-refractivity contribution in [1.29, 1.82) is 0 Å². The van der Waals surface area contributed by atoms with Gasteiger partial charge < -0.3 is 10.6 Å². The number of carbonyl (C=O) groups excluding carboxylic acids is 1. The molecular weight excluding hydrogens is 274 g/mol. The fraction of sp³-hybridized carbons (Fsp3) is 0.562. The molecule has 0 saturated heterocycles. The van der Waals surface area contributed by atoms with E-state index in [4.69, 9.17) is 0 Å². The van der Waals surface area contributed by atoms with E-state index in [1.807, 2.05) is 0 Å². The largest absolute Gasteiger partial charge is 0.320 e. The molecule has 2 N–H and O–H groups in total. The molecule has 1 amide bonds. The summed E-state index contributed by atoms with van der Waals surface area (Å²) in [6, 6.07) is 3.84. The molecule has 2 unspecified atom stereocenters. The molecule has 0 heterocycles. The highest BCUT2D eigenvalue weighted by atomic mass is 19.1. The van der Waals surface area contributed by atoms with Crippen molar-refractivity contribution in [2.75, 3.05) is 11.9 Å². The number of hydrogen-bond acceptors (Lipinski definition) is 2. The van der Waals surface area contributed by atoms with Gasteiger partial charge in [-0.15, -0.1) is 0 Å². The van der Waals surface area contributed by atoms with Crippen LogP contribution in [0.4, 0.5) is 14.5 Å². The zero-order valence-electron chi connectivity index (χ0n) is 12.3. The van der Waals surface area contributed by atoms with Crippen molar-refractivity contribution in [3.8, 4) is 0 Å². The molecule has 1 aromatic rings. The van der Waals surface area contributed by atoms with E-state index in [1.165, 1.54) is 18.9 Å². The second-order valence-electron chi connectivity index (χ2n) is 5.66. The van der Waals surface area contributed by atoms with Crippen LogP contribution in [0.3, 0.4) is 0 Å². The molecule has 1 aliphatic rings. The average Bonchev–Trinajstić information content (AvgIpc) is 2.49. The molecule has 0 spiro atoms. The van der Waals surface area contributed by atoms with E-state index in [0.29, 0.717) is 12.0 Å². The smallest absolute Gasteiger partial charge is 0.238 e. The lowest BCUT2D eigenvalue weighted by atomic mass is 9.84. The Morgan fingerprint density at radius 3 is 2.67 bits per heavy atom. The van der Waals surface area contributed by atoms with E-state index in [2.05, 4.69) is 17.6 Å². The monoisotopic (exact) mass is 296 g/mol. The summed E-state index contributed by atoms with van der Waals surface area (Å²) in [5.74, 6) is -1.22. The number of amides is 1. The van der Waals surface area contributed by atoms with E-state index < -0.39 is 17.5 Å². The molecule has 1 aliphatic carbocycles. The Bertz CT molecular complexity index is 473. The third-order valence-corrected chi connectivity index (χ3v) is 4.14. The minimum Gasteiger partial charge on any atom is -0.320 e. The van der Waals surface area contributed by atoms with Gasteiger partial charge in [-0.3, -0.25) is 4.79 Å². The first kappa shape index (κ1) is 15.9. The second-order valence-corrected chi connectivity index (χ2v) is 5.66. The summed E-state index contributed by atoms with van der Waals surface area (Å²) in [5.41, 5.74) is -0.376. The average molecular weight is 296 g/mol. The fourth-order valence-electron chi connectivity index (χ4n) is 2.89. The first-order chi connectivity index (χ1) is 10.1. The third kappa shape index (κ3) is 4.49. The lowest BCUT2D eigenvalue weighted by Crippen LogP contribution is -2.39. The maximum Gasteiger partial charge on any atom is 0.238 e. The first-order valence-electron chi connectivity index (χ1n) is 7.57. The van der Waals surface area contributed by atoms with Crippen molar-refractivity contribution in [3.05, 3.63) is 29.8 Å². The van der Waals surface area contributed by atoms with Gasteiger partial charge in [0.1, 0.15) is 17.3 Å². The van der Waals surface area contributed by atoms with E-state index in [9.17, 15) is 13.6 Å². The summed E-state index contributed by atoms with van der Waals surface area (Å²) >= 11 is 0. The van der Waals surface area contributed by atoms with Crippen LogP contribution in [0.5, 0.6) is 0 Å². The van der Waals surface area contributed by atoms with Crippen LogP contribution in [0.15, 0.2) is 18.2 Å². The van der Waals surface area contributed by atoms with Gasteiger partial charge in [0.25, 0.3) is 0 Å². The Morgan fingerprint density at radius 1 is 1.29 bits per heavy atom. The second kappa shape index (κ2) is 7.50. The number of anilines is 1. The van der Waals surface area contributed by atoms with Crippen molar-refractivity contribution in [2.45, 2.75) is 45.1 Å². The summed E-state index contributed by atoms with van der Waals surface area (Å²) in [5, 5.41) is 5.48. The number of benzene rings is 1. The highest BCUT2D eigenvalue weighted by Crippen LogP contribution is 2.26. The topological polar surface area (TPSA) is 41.1 Å². The Labute approximate surface area is 124 Å². The SMILES string of the molecule is CCC1CCCC(NCC(=O)Nc2c(F)cccc2F)C1. The van der Waals surface area contributed by atoms with Crippen LogP contribution in [0.25, 0.3) is 0 Å². The van der Waals surface area contributed by atoms with Crippen LogP contribution in [0.2, 0.25) is 0 Å². The first-order valence-corrected chi connectivity index (χ1v) is 7.57. The summed E-state index contributed by atoms with van der Waals surface area (Å²) in [6.07, 6.45) is 5.70. The molecule has 0 aliphatic heterocycles. The lowest BCUT2D eigenvalue weighted by molar-refractivity contribution is -0.115. The molecule has 1 aromatic carbocycles. The molecule has 1 saturated carbocycles. The van der Waals surface area contributed by atoms with Crippen molar-refractivity contribution < 1.29 is 13.6 Å². The van der Waals surface area contributed by atoms with Crippen LogP contribution in [0, 0.1) is 17.6 Å². The van der Waals surface area contributed by atoms with Crippen LogP contribution in [-0.4, -0.2) is 18.5 Å². The molecule has 1 fully saturated rings. The van der Waals surface area contributed by atoms with Gasteiger partial charge in [-0.1, -0.05) is 32.3 Å². The van der Waals surface area contributed by atoms with Crippen molar-refractivity contribution in [1.82, 2.24) is 5.32 Å². The van der Waals surface area contributed by atoms with E-state index in [0.717, 1.165) is 31.4 Å². The summed E-state index contributed by atoms with van der Waals surface area (Å²) in [4.78, 5) is 11.8. The normalized spacial score (nSPS) is 22.0. The molecule has 21 heavy (non-hydrogen) atoms. The third-order valence-electron chi connectivity index (χ3n) is 4.14. The molecule has 0 bridgehead atoms. The number of rotatable bonds is 5. The number of halogens is 2. The number of para-hydroxylation sites is 1. The van der Waals surface area contributed by atoms with Crippen molar-refractivity contribution >= 4 is 11.6 Å². The molecule has 0 radical (unpaired) electrons. The van der Waals surface area contributed by atoms with Gasteiger partial charge in [0.15, 0.2) is 0 Å². The van der Waals surface area contributed by atoms with Gasteiger partial charge in [-0.2, -0.15) is 0 Å². The molecular formula is C16H22F2N2O. The maximum absolute atomic E-state index is 13.4. The van der Waals surface area contributed by atoms with Gasteiger partial charge in [-0.25, -0.2) is 8.78 Å². The number of nitrogens with one attached hydrogen (secondary N) is 2. The Hall–Kier alpha value is -1.49. The predicted octanol–water partition coefficient (Wildman–Crippen LogP) is 3.46. The number of hydrogen-bond donors (Lipinski definition) is 2. The quantitative estimate of drug-likeness (QED) is 0.873. The van der Waals surface area contributed by atoms with Gasteiger partial charge in [0.05, 0.1) is 6.54 Å². The van der Waals surface area contributed by atoms with E-state index >= 15 is 0 Å². The fourth-order valence-corrected chi connectivity index (χ4v) is 2.89. The number of carbonyl (C=O) groups is 1. The minimum absolute atomic E-state index is 0.0782. The van der Waals surface area contributed by atoms with Crippen molar-refractivity contribution in [3.63, 3.8) is 0 Å². The molecule has 2 atom stereocenters. The standard InChI is InChI=1S/C16H22F2N2O/c1-2-11-5-3-6-12(9-11)19-10-15(21)20-16-13(17)7-4-8-14(16)18/h4,7-8,11-12,19H,2-3,5-6,9-10H2,1H3,(H,20,21). The van der Waals surface area contributed by atoms with Gasteiger partial charge in [0, 0.05) is 6.04 Å². The summed E-state index contributed by atoms with van der Waals surface area (Å²) in [6.45, 7) is 2.26. The Morgan fingerprint density at radius 2 is 2.00 bits per heavy atom. The minimum atomic E-state index is -0.757. The van der Waals surface area contributed by atoms with Gasteiger partial charge in [0.2, 0.25) is 5.91 Å². The van der Waals surface area contributed by atoms with Crippen LogP contribution in [-0.2, 0) is 4.79 Å². The highest BCUT2D eigenvalue weighted by Gasteiger charge is 2.21. The molecule has 5 heteroatoms. The van der Waals surface area contributed by atoms with Crippen LogP contribution >= 0.6 is 0 Å². The molecule has 116 valence electrons. The van der Waals surface area contributed by atoms with Gasteiger partial charge in [-0.05, 0) is 30.9 Å². The van der Waals surface area contributed by atoms with Crippen LogP contribution < -0.4 is 10.6 Å². The Kier molecular flexibility index (Phi) is 5.67. The van der Waals surface area contributed by atoms with Crippen LogP contribution in [0.1, 0.15) is 39.0 Å². The predicted molar refractivity (Wildman–Crippen MR) is 79.0 cm³/mol. The van der Waals surface area contributed by atoms with Gasteiger partial charge >= 0.3 is 0 Å². The lowest BCUT2D eigenvalue weighted by Gasteiger charge is -2.29. The summed E-state index contributed by atoms with van der Waals surface area (Å²) < 4.78 is 26.9. The Balaban J connectivity index is 1.82. The summed E-state index contributed by atoms with van der Waals surface area (Å²) in [7, 11) is 0. The maximum atomic E-state index is 13.4. The highest BCUT2D eigenvalue weighted by molar-refractivity contribution is 5.92. The van der Waals surface area contributed by atoms with E-state index in [-0.39, 0.29) is 12.2 Å². The van der Waals surface area contributed by atoms with E-state index in [1.54, 1.807) is 0 Å². The molecule has 2 rings (SSSR count).